The summed E-state index contributed by atoms with van der Waals surface area (Å²) in [4.78, 5) is 10.7. The van der Waals surface area contributed by atoms with Crippen LogP contribution >= 0.6 is 0 Å². The van der Waals surface area contributed by atoms with Crippen LogP contribution in [0.15, 0.2) is 42.5 Å². The van der Waals surface area contributed by atoms with E-state index >= 15 is 0 Å². The van der Waals surface area contributed by atoms with Crippen LogP contribution in [0.25, 0.3) is 0 Å². The minimum atomic E-state index is 0.544. The van der Waals surface area contributed by atoms with Gasteiger partial charge in [-0.1, -0.05) is 18.2 Å². The fourth-order valence-corrected chi connectivity index (χ4v) is 1.56. The van der Waals surface area contributed by atoms with Crippen LogP contribution in [0.4, 0.5) is 0 Å². The van der Waals surface area contributed by atoms with Crippen molar-refractivity contribution in [2.45, 2.75) is 6.92 Å². The Morgan fingerprint density at radius 3 is 2.78 bits per heavy atom. The van der Waals surface area contributed by atoms with Gasteiger partial charge in [0.2, 0.25) is 0 Å². The molecule has 2 aromatic rings. The summed E-state index contributed by atoms with van der Waals surface area (Å²) in [5.41, 5.74) is 2.04. The Balaban J connectivity index is 2.33. The molecule has 0 fully saturated rings. The number of nitrogens with zero attached hydrogens (tertiary/aromatic N) is 1. The van der Waals surface area contributed by atoms with E-state index < -0.39 is 0 Å². The summed E-state index contributed by atoms with van der Waals surface area (Å²) in [6, 6.07) is 14.2. The Kier molecular flexibility index (Phi) is 3.40. The summed E-state index contributed by atoms with van der Waals surface area (Å²) in [7, 11) is 0. The van der Waals surface area contributed by atoms with Gasteiger partial charge < -0.3 is 4.74 Å². The molecule has 0 amide bonds. The minimum Gasteiger partial charge on any atom is -0.457 e. The molecule has 0 saturated carbocycles. The molecular weight excluding hydrogens is 226 g/mol. The number of hydrogen-bond acceptors (Lipinski definition) is 3. The molecule has 0 bridgehead atoms. The molecule has 0 aliphatic carbocycles. The molecule has 2 aromatic carbocycles. The van der Waals surface area contributed by atoms with Crippen LogP contribution in [0.2, 0.25) is 0 Å². The van der Waals surface area contributed by atoms with Crippen LogP contribution in [0.1, 0.15) is 21.5 Å². The van der Waals surface area contributed by atoms with E-state index in [1.54, 1.807) is 36.4 Å². The van der Waals surface area contributed by atoms with Crippen LogP contribution in [0.5, 0.6) is 11.5 Å². The van der Waals surface area contributed by atoms with E-state index in [-0.39, 0.29) is 0 Å². The van der Waals surface area contributed by atoms with Gasteiger partial charge in [-0.25, -0.2) is 0 Å². The summed E-state index contributed by atoms with van der Waals surface area (Å²) in [5.74, 6) is 1.20. The van der Waals surface area contributed by atoms with Crippen molar-refractivity contribution in [3.63, 3.8) is 0 Å². The molecule has 3 heteroatoms. The fraction of sp³-hybridized carbons (Fsp3) is 0.0667. The third-order valence-electron chi connectivity index (χ3n) is 2.54. The van der Waals surface area contributed by atoms with Gasteiger partial charge in [0.15, 0.2) is 0 Å². The van der Waals surface area contributed by atoms with Gasteiger partial charge in [-0.2, -0.15) is 5.26 Å². The zero-order valence-corrected chi connectivity index (χ0v) is 9.88. The lowest BCUT2D eigenvalue weighted by molar-refractivity contribution is 0.112. The van der Waals surface area contributed by atoms with Crippen molar-refractivity contribution in [1.29, 1.82) is 5.26 Å². The second-order valence-electron chi connectivity index (χ2n) is 3.88. The van der Waals surface area contributed by atoms with Crippen molar-refractivity contribution < 1.29 is 9.53 Å². The standard InChI is InChI=1S/C15H11NO2/c1-11-5-6-12(9-16)8-15(11)18-14-4-2-3-13(7-14)10-17/h2-8,10H,1H3. The van der Waals surface area contributed by atoms with Crippen molar-refractivity contribution in [2.75, 3.05) is 0 Å². The number of benzene rings is 2. The van der Waals surface area contributed by atoms with E-state index in [0.29, 0.717) is 22.6 Å². The largest absolute Gasteiger partial charge is 0.457 e. The molecule has 0 aliphatic rings. The van der Waals surface area contributed by atoms with Gasteiger partial charge in [0.05, 0.1) is 11.6 Å². The highest BCUT2D eigenvalue weighted by Gasteiger charge is 2.03. The molecule has 18 heavy (non-hydrogen) atoms. The number of aldehydes is 1. The normalized spacial score (nSPS) is 9.56. The van der Waals surface area contributed by atoms with Crippen molar-refractivity contribution in [2.24, 2.45) is 0 Å². The maximum absolute atomic E-state index is 10.7. The summed E-state index contributed by atoms with van der Waals surface area (Å²) < 4.78 is 5.68. The molecule has 0 aliphatic heterocycles. The average Bonchev–Trinajstić information content (AvgIpc) is 2.41. The molecule has 3 nitrogen and oxygen atoms in total. The first-order chi connectivity index (χ1) is 8.72. The number of rotatable bonds is 3. The highest BCUT2D eigenvalue weighted by atomic mass is 16.5. The lowest BCUT2D eigenvalue weighted by Crippen LogP contribution is -1.90. The van der Waals surface area contributed by atoms with Gasteiger partial charge in [0.25, 0.3) is 0 Å². The van der Waals surface area contributed by atoms with Crippen LogP contribution in [0.3, 0.4) is 0 Å². The number of hydrogen-bond donors (Lipinski definition) is 0. The quantitative estimate of drug-likeness (QED) is 0.768. The van der Waals surface area contributed by atoms with E-state index in [0.717, 1.165) is 11.8 Å². The van der Waals surface area contributed by atoms with Gasteiger partial charge in [0, 0.05) is 5.56 Å². The van der Waals surface area contributed by atoms with Gasteiger partial charge in [-0.05, 0) is 36.8 Å². The molecule has 0 aromatic heterocycles. The van der Waals surface area contributed by atoms with Crippen LogP contribution in [-0.4, -0.2) is 6.29 Å². The minimum absolute atomic E-state index is 0.544. The van der Waals surface area contributed by atoms with E-state index in [1.165, 1.54) is 0 Å². The Morgan fingerprint density at radius 1 is 1.22 bits per heavy atom. The van der Waals surface area contributed by atoms with Gasteiger partial charge in [0.1, 0.15) is 17.8 Å². The molecule has 0 atom stereocenters. The monoisotopic (exact) mass is 237 g/mol. The molecule has 0 heterocycles. The predicted molar refractivity (Wildman–Crippen MR) is 67.8 cm³/mol. The van der Waals surface area contributed by atoms with Gasteiger partial charge >= 0.3 is 0 Å². The van der Waals surface area contributed by atoms with Crippen molar-refractivity contribution in [3.05, 3.63) is 59.2 Å². The molecule has 2 rings (SSSR count). The molecule has 0 spiro atoms. The van der Waals surface area contributed by atoms with Gasteiger partial charge in [-0.3, -0.25) is 4.79 Å². The third-order valence-corrected chi connectivity index (χ3v) is 2.54. The summed E-state index contributed by atoms with van der Waals surface area (Å²) in [6.07, 6.45) is 0.769. The summed E-state index contributed by atoms with van der Waals surface area (Å²) in [5, 5.41) is 8.85. The topological polar surface area (TPSA) is 50.1 Å². The smallest absolute Gasteiger partial charge is 0.150 e. The first kappa shape index (κ1) is 11.9. The average molecular weight is 237 g/mol. The lowest BCUT2D eigenvalue weighted by Gasteiger charge is -2.09. The Bertz CT molecular complexity index is 627. The molecule has 0 N–H and O–H groups in total. The van der Waals surface area contributed by atoms with E-state index in [9.17, 15) is 4.79 Å². The SMILES string of the molecule is Cc1ccc(C#N)cc1Oc1cccc(C=O)c1. The maximum atomic E-state index is 10.7. The number of ether oxygens (including phenoxy) is 1. The van der Waals surface area contributed by atoms with Crippen molar-refractivity contribution >= 4 is 6.29 Å². The second-order valence-corrected chi connectivity index (χ2v) is 3.88. The highest BCUT2D eigenvalue weighted by Crippen LogP contribution is 2.26. The van der Waals surface area contributed by atoms with Crippen molar-refractivity contribution in [3.8, 4) is 17.6 Å². The second kappa shape index (κ2) is 5.15. The number of nitriles is 1. The Hall–Kier alpha value is -2.60. The molecule has 0 saturated heterocycles. The Labute approximate surface area is 105 Å². The van der Waals surface area contributed by atoms with Crippen LogP contribution in [0, 0.1) is 18.3 Å². The Morgan fingerprint density at radius 2 is 2.06 bits per heavy atom. The highest BCUT2D eigenvalue weighted by molar-refractivity contribution is 5.75. The summed E-state index contributed by atoms with van der Waals surface area (Å²) in [6.45, 7) is 1.90. The van der Waals surface area contributed by atoms with Crippen molar-refractivity contribution in [1.82, 2.24) is 0 Å². The molecule has 0 unspecified atom stereocenters. The third kappa shape index (κ3) is 2.55. The van der Waals surface area contributed by atoms with E-state index in [2.05, 4.69) is 6.07 Å². The van der Waals surface area contributed by atoms with E-state index in [4.69, 9.17) is 10.00 Å². The predicted octanol–water partition coefficient (Wildman–Crippen LogP) is 3.47. The molecule has 88 valence electrons. The zero-order chi connectivity index (χ0) is 13.0. The maximum Gasteiger partial charge on any atom is 0.150 e. The number of carbonyl (C=O) groups is 1. The first-order valence-corrected chi connectivity index (χ1v) is 5.47. The molecule has 0 radical (unpaired) electrons. The fourth-order valence-electron chi connectivity index (χ4n) is 1.56. The zero-order valence-electron chi connectivity index (χ0n) is 9.88. The van der Waals surface area contributed by atoms with Gasteiger partial charge in [-0.15, -0.1) is 0 Å². The number of aryl methyl sites for hydroxylation is 1. The van der Waals surface area contributed by atoms with E-state index in [1.807, 2.05) is 13.0 Å². The summed E-state index contributed by atoms with van der Waals surface area (Å²) >= 11 is 0. The van der Waals surface area contributed by atoms with Crippen LogP contribution < -0.4 is 4.74 Å². The number of carbonyl (C=O) groups excluding carboxylic acids is 1. The first-order valence-electron chi connectivity index (χ1n) is 5.47. The lowest BCUT2D eigenvalue weighted by atomic mass is 10.1. The van der Waals surface area contributed by atoms with Crippen LogP contribution in [-0.2, 0) is 0 Å². The molecular formula is C15H11NO2.